The summed E-state index contributed by atoms with van der Waals surface area (Å²) >= 11 is 0. The lowest BCUT2D eigenvalue weighted by Gasteiger charge is -2.35. The molecule has 4 rings (SSSR count). The van der Waals surface area contributed by atoms with Crippen LogP contribution >= 0.6 is 0 Å². The van der Waals surface area contributed by atoms with E-state index in [2.05, 4.69) is 10.1 Å². The average Bonchev–Trinajstić information content (AvgIpc) is 3.27. The zero-order valence-corrected chi connectivity index (χ0v) is 17.4. The van der Waals surface area contributed by atoms with Crippen molar-refractivity contribution in [2.75, 3.05) is 13.1 Å². The molecule has 1 amide bonds. The van der Waals surface area contributed by atoms with E-state index in [1.807, 2.05) is 48.7 Å². The molecule has 2 aromatic rings. The van der Waals surface area contributed by atoms with Crippen LogP contribution in [0.5, 0.6) is 5.75 Å². The number of pyridine rings is 1. The molecule has 2 aromatic heterocycles. The van der Waals surface area contributed by atoms with E-state index in [1.54, 1.807) is 6.20 Å². The molecule has 0 radical (unpaired) electrons. The summed E-state index contributed by atoms with van der Waals surface area (Å²) in [7, 11) is 1.90. The molecule has 1 aliphatic heterocycles. The van der Waals surface area contributed by atoms with Gasteiger partial charge < -0.3 is 14.7 Å². The average molecular weight is 399 g/mol. The van der Waals surface area contributed by atoms with E-state index >= 15 is 0 Å². The minimum absolute atomic E-state index is 0.186. The fourth-order valence-corrected chi connectivity index (χ4v) is 4.72. The van der Waals surface area contributed by atoms with Crippen molar-refractivity contribution < 1.29 is 14.6 Å². The summed E-state index contributed by atoms with van der Waals surface area (Å²) in [5.41, 5.74) is 2.87. The predicted molar refractivity (Wildman–Crippen MR) is 108 cm³/mol. The van der Waals surface area contributed by atoms with Gasteiger partial charge in [0, 0.05) is 44.1 Å². The Kier molecular flexibility index (Phi) is 5.58. The fourth-order valence-electron chi connectivity index (χ4n) is 4.72. The van der Waals surface area contributed by atoms with Gasteiger partial charge in [0.05, 0.1) is 11.8 Å². The highest BCUT2D eigenvalue weighted by molar-refractivity contribution is 5.76. The number of aliphatic hydroxyl groups is 1. The molecule has 2 aliphatic rings. The summed E-state index contributed by atoms with van der Waals surface area (Å²) in [6.45, 7) is 5.38. The number of likely N-dealkylation sites (tertiary alicyclic amines) is 1. The molecule has 0 unspecified atom stereocenters. The van der Waals surface area contributed by atoms with Crippen LogP contribution in [-0.4, -0.2) is 56.0 Å². The fraction of sp³-hybridized carbons (Fsp3) is 0.591. The summed E-state index contributed by atoms with van der Waals surface area (Å²) in [5.74, 6) is 1.65. The number of fused-ring (bicyclic) bond motifs is 1. The number of ether oxygens (including phenoxy) is 1. The molecule has 3 heterocycles. The Morgan fingerprint density at radius 3 is 2.66 bits per heavy atom. The minimum atomic E-state index is -0.513. The van der Waals surface area contributed by atoms with Gasteiger partial charge in [-0.2, -0.15) is 5.10 Å². The van der Waals surface area contributed by atoms with E-state index in [4.69, 9.17) is 4.74 Å². The maximum Gasteiger partial charge on any atom is 0.222 e. The molecule has 2 fully saturated rings. The summed E-state index contributed by atoms with van der Waals surface area (Å²) in [6.07, 6.45) is 3.65. The van der Waals surface area contributed by atoms with Gasteiger partial charge in [-0.25, -0.2) is 0 Å². The number of hydrogen-bond acceptors (Lipinski definition) is 5. The van der Waals surface area contributed by atoms with Gasteiger partial charge in [0.15, 0.2) is 0 Å². The Morgan fingerprint density at radius 2 is 1.97 bits per heavy atom. The van der Waals surface area contributed by atoms with Crippen molar-refractivity contribution in [3.63, 3.8) is 0 Å². The first-order valence-electron chi connectivity index (χ1n) is 10.4. The van der Waals surface area contributed by atoms with Crippen molar-refractivity contribution in [1.82, 2.24) is 19.7 Å². The third kappa shape index (κ3) is 4.29. The van der Waals surface area contributed by atoms with Gasteiger partial charge in [-0.1, -0.05) is 0 Å². The number of nitrogens with zero attached hydrogens (tertiary/aromatic N) is 4. The lowest BCUT2D eigenvalue weighted by molar-refractivity contribution is -0.130. The normalized spacial score (nSPS) is 26.4. The Bertz CT molecular complexity index is 881. The molecule has 7 heteroatoms. The van der Waals surface area contributed by atoms with E-state index < -0.39 is 6.10 Å². The summed E-state index contributed by atoms with van der Waals surface area (Å²) < 4.78 is 7.96. The van der Waals surface area contributed by atoms with E-state index in [0.29, 0.717) is 31.1 Å². The lowest BCUT2D eigenvalue weighted by atomic mass is 9.78. The first kappa shape index (κ1) is 19.9. The second kappa shape index (κ2) is 8.14. The van der Waals surface area contributed by atoms with Crippen molar-refractivity contribution in [3.8, 4) is 5.75 Å². The first-order valence-corrected chi connectivity index (χ1v) is 10.4. The van der Waals surface area contributed by atoms with Crippen molar-refractivity contribution in [1.29, 1.82) is 0 Å². The molecule has 1 saturated heterocycles. The molecule has 156 valence electrons. The van der Waals surface area contributed by atoms with Crippen LogP contribution in [0.1, 0.15) is 36.3 Å². The molecular weight excluding hydrogens is 368 g/mol. The van der Waals surface area contributed by atoms with Crippen molar-refractivity contribution in [3.05, 3.63) is 41.5 Å². The molecule has 29 heavy (non-hydrogen) atoms. The number of carbonyl (C=O) groups is 1. The van der Waals surface area contributed by atoms with Crippen LogP contribution in [0.15, 0.2) is 24.4 Å². The van der Waals surface area contributed by atoms with Crippen molar-refractivity contribution in [2.45, 2.75) is 51.7 Å². The zero-order chi connectivity index (χ0) is 20.5. The minimum Gasteiger partial charge on any atom is -0.486 e. The van der Waals surface area contributed by atoms with E-state index in [0.717, 1.165) is 42.3 Å². The third-order valence-corrected chi connectivity index (χ3v) is 6.41. The summed E-state index contributed by atoms with van der Waals surface area (Å²) in [4.78, 5) is 19.1. The highest BCUT2D eigenvalue weighted by Crippen LogP contribution is 2.38. The second-order valence-corrected chi connectivity index (χ2v) is 8.50. The highest BCUT2D eigenvalue weighted by atomic mass is 16.5. The van der Waals surface area contributed by atoms with Gasteiger partial charge in [0.25, 0.3) is 0 Å². The Labute approximate surface area is 171 Å². The molecule has 1 N–H and O–H groups in total. The smallest absolute Gasteiger partial charge is 0.222 e. The number of hydrogen-bond donors (Lipinski definition) is 1. The molecular formula is C22H30N4O3. The number of amides is 1. The van der Waals surface area contributed by atoms with Crippen LogP contribution in [0, 0.1) is 25.7 Å². The molecule has 7 nitrogen and oxygen atoms in total. The van der Waals surface area contributed by atoms with Gasteiger partial charge in [-0.15, -0.1) is 0 Å². The van der Waals surface area contributed by atoms with Gasteiger partial charge in [-0.05, 0) is 63.1 Å². The third-order valence-electron chi connectivity index (χ3n) is 6.41. The molecule has 0 aromatic carbocycles. The topological polar surface area (TPSA) is 80.5 Å². The molecule has 0 bridgehead atoms. The van der Waals surface area contributed by atoms with Crippen molar-refractivity contribution in [2.24, 2.45) is 18.9 Å². The van der Waals surface area contributed by atoms with Crippen molar-refractivity contribution >= 4 is 5.91 Å². The van der Waals surface area contributed by atoms with Gasteiger partial charge in [0.1, 0.15) is 11.9 Å². The Morgan fingerprint density at radius 1 is 1.21 bits per heavy atom. The van der Waals surface area contributed by atoms with Gasteiger partial charge >= 0.3 is 0 Å². The zero-order valence-electron chi connectivity index (χ0n) is 17.4. The van der Waals surface area contributed by atoms with Crippen LogP contribution in [0.2, 0.25) is 0 Å². The van der Waals surface area contributed by atoms with Crippen LogP contribution in [-0.2, 0) is 18.3 Å². The van der Waals surface area contributed by atoms with Gasteiger partial charge in [-0.3, -0.25) is 14.5 Å². The Hall–Kier alpha value is -2.41. The molecule has 4 atom stereocenters. The standard InChI is InChI=1S/C22H30N4O3/c1-14-4-6-20(15(2)24-14)29-21-11-17-13-26(12-16(17)10-19(21)27)22(28)7-5-18-8-9-23-25(18)3/h4,6,8-9,16-17,19,21,27H,5,7,10-13H2,1-3H3/t16-,17+,19+,21+/m0/s1. The SMILES string of the molecule is Cc1ccc(O[C@@H]2C[C@@H]3CN(C(=O)CCc4ccnn4C)C[C@@H]3C[C@H]2O)c(C)n1. The highest BCUT2D eigenvalue weighted by Gasteiger charge is 2.43. The maximum absolute atomic E-state index is 12.7. The van der Waals surface area contributed by atoms with E-state index in [-0.39, 0.29) is 12.0 Å². The van der Waals surface area contributed by atoms with Gasteiger partial charge in [0.2, 0.25) is 5.91 Å². The number of aromatic nitrogens is 3. The first-order chi connectivity index (χ1) is 13.9. The number of carbonyl (C=O) groups excluding carboxylic acids is 1. The lowest BCUT2D eigenvalue weighted by Crippen LogP contribution is -2.42. The second-order valence-electron chi connectivity index (χ2n) is 8.50. The summed E-state index contributed by atoms with van der Waals surface area (Å²) in [5, 5.41) is 14.8. The van der Waals surface area contributed by atoms with Crippen LogP contribution in [0.3, 0.4) is 0 Å². The number of rotatable bonds is 5. The maximum atomic E-state index is 12.7. The molecule has 1 aliphatic carbocycles. The quantitative estimate of drug-likeness (QED) is 0.834. The number of aliphatic hydroxyl groups excluding tert-OH is 1. The molecule has 0 spiro atoms. The largest absolute Gasteiger partial charge is 0.486 e. The van der Waals surface area contributed by atoms with Crippen LogP contribution in [0.25, 0.3) is 0 Å². The Balaban J connectivity index is 1.34. The monoisotopic (exact) mass is 398 g/mol. The van der Waals surface area contributed by atoms with E-state index in [9.17, 15) is 9.90 Å². The molecule has 1 saturated carbocycles. The number of aryl methyl sites for hydroxylation is 4. The summed E-state index contributed by atoms with van der Waals surface area (Å²) in [6, 6.07) is 5.81. The van der Waals surface area contributed by atoms with Crippen LogP contribution < -0.4 is 4.74 Å². The predicted octanol–water partition coefficient (Wildman–Crippen LogP) is 2.04. The van der Waals surface area contributed by atoms with E-state index in [1.165, 1.54) is 0 Å². The van der Waals surface area contributed by atoms with Crippen LogP contribution in [0.4, 0.5) is 0 Å².